The summed E-state index contributed by atoms with van der Waals surface area (Å²) in [6.07, 6.45) is -0.151. The Kier molecular flexibility index (Phi) is 15.8. The number of fused-ring (bicyclic) bond motifs is 2. The van der Waals surface area contributed by atoms with E-state index in [2.05, 4.69) is 21.5 Å². The lowest BCUT2D eigenvalue weighted by atomic mass is 9.79. The lowest BCUT2D eigenvalue weighted by molar-refractivity contribution is -0.326. The quantitative estimate of drug-likeness (QED) is 0.118. The van der Waals surface area contributed by atoms with Crippen LogP contribution in [0.25, 0.3) is 0 Å². The molecular formula is C38H64N8O13. The van der Waals surface area contributed by atoms with Crippen LogP contribution in [-0.2, 0) is 47.9 Å². The number of ether oxygens (including phenoxy) is 2. The molecule has 4 aliphatic rings. The van der Waals surface area contributed by atoms with Crippen LogP contribution in [0.2, 0.25) is 0 Å². The van der Waals surface area contributed by atoms with E-state index in [1.54, 1.807) is 20.8 Å². The Bertz CT molecular complexity index is 1580. The summed E-state index contributed by atoms with van der Waals surface area (Å²) in [6, 6.07) is -7.60. The minimum Gasteiger partial charge on any atom is -0.458 e. The fraction of sp³-hybridized carbons (Fsp3) is 0.816. The van der Waals surface area contributed by atoms with E-state index in [1.165, 1.54) is 6.92 Å². The van der Waals surface area contributed by atoms with Gasteiger partial charge in [0, 0.05) is 19.5 Å². The maximum Gasteiger partial charge on any atom is 0.331 e. The van der Waals surface area contributed by atoms with Crippen molar-refractivity contribution in [2.45, 2.75) is 154 Å². The molecule has 334 valence electrons. The molecule has 0 aromatic heterocycles. The number of hydrogen-bond donors (Lipinski definition) is 7. The summed E-state index contributed by atoms with van der Waals surface area (Å²) < 4.78 is 11.8. The molecule has 4 rings (SSSR count). The molecule has 0 radical (unpaired) electrons. The van der Waals surface area contributed by atoms with Crippen molar-refractivity contribution < 1.29 is 63.3 Å². The lowest BCUT2D eigenvalue weighted by Gasteiger charge is -2.47. The number of hydroxylamine groups is 4. The van der Waals surface area contributed by atoms with Gasteiger partial charge in [0.25, 0.3) is 29.5 Å². The average molecular weight is 841 g/mol. The van der Waals surface area contributed by atoms with Crippen LogP contribution in [0.1, 0.15) is 100 Å². The van der Waals surface area contributed by atoms with E-state index in [1.807, 2.05) is 13.8 Å². The standard InChI is InChI=1S/C38H64N8O13/c1-20(2)18-25-14-15-38(55,59-24(25)7)37(8,54)36(53)42-29-30(21(3)4)58-35(52)23(6)45(56)32(49)26-12-10-16-40-43(26)28(47)19-39-31(48)22(5)46(57-9)33(50)27-13-11-17-41-44(27)34(29)51/h20-27,29-30,40-41,54-56H,10-19H2,1-9H3,(H,39,48)(H,42,53). The van der Waals surface area contributed by atoms with Crippen LogP contribution in [0.3, 0.4) is 0 Å². The van der Waals surface area contributed by atoms with Gasteiger partial charge in [0.1, 0.15) is 30.3 Å². The maximum atomic E-state index is 14.9. The topological polar surface area (TPSA) is 269 Å². The second kappa shape index (κ2) is 19.6. The molecule has 0 aromatic carbocycles. The molecule has 6 amide bonds. The minimum atomic E-state index is -2.68. The Balaban J connectivity index is 1.78. The van der Waals surface area contributed by atoms with Gasteiger partial charge in [0.15, 0.2) is 11.6 Å². The summed E-state index contributed by atoms with van der Waals surface area (Å²) in [6.45, 7) is 12.3. The highest BCUT2D eigenvalue weighted by Crippen LogP contribution is 2.40. The fourth-order valence-corrected chi connectivity index (χ4v) is 8.03. The predicted octanol–water partition coefficient (Wildman–Crippen LogP) is -1.15. The molecule has 0 saturated carbocycles. The van der Waals surface area contributed by atoms with Gasteiger partial charge in [-0.05, 0) is 84.0 Å². The van der Waals surface area contributed by atoms with E-state index in [4.69, 9.17) is 14.3 Å². The van der Waals surface area contributed by atoms with E-state index < -0.39 is 108 Å². The number of hydrazine groups is 2. The summed E-state index contributed by atoms with van der Waals surface area (Å²) in [5.41, 5.74) is 2.98. The van der Waals surface area contributed by atoms with Crippen LogP contribution >= 0.6 is 0 Å². The number of rotatable bonds is 7. The van der Waals surface area contributed by atoms with Gasteiger partial charge >= 0.3 is 5.97 Å². The third-order valence-electron chi connectivity index (χ3n) is 11.7. The van der Waals surface area contributed by atoms with Crippen LogP contribution in [0, 0.1) is 17.8 Å². The Labute approximate surface area is 344 Å². The Morgan fingerprint density at radius 2 is 1.53 bits per heavy atom. The highest BCUT2D eigenvalue weighted by molar-refractivity contribution is 5.97. The van der Waals surface area contributed by atoms with E-state index in [-0.39, 0.29) is 43.3 Å². The molecule has 4 fully saturated rings. The number of amides is 6. The van der Waals surface area contributed by atoms with Crippen LogP contribution in [0.4, 0.5) is 0 Å². The molecule has 21 heteroatoms. The summed E-state index contributed by atoms with van der Waals surface area (Å²) in [5.74, 6) is -9.79. The van der Waals surface area contributed by atoms with E-state index >= 15 is 0 Å². The Hall–Kier alpha value is -3.99. The minimum absolute atomic E-state index is 0.0320. The smallest absolute Gasteiger partial charge is 0.331 e. The fourth-order valence-electron chi connectivity index (χ4n) is 8.03. The first-order valence-electron chi connectivity index (χ1n) is 20.5. The number of hydrogen-bond acceptors (Lipinski definition) is 15. The molecule has 21 nitrogen and oxygen atoms in total. The van der Waals surface area contributed by atoms with Crippen molar-refractivity contribution in [3.05, 3.63) is 0 Å². The van der Waals surface area contributed by atoms with E-state index in [0.29, 0.717) is 25.2 Å². The average Bonchev–Trinajstić information content (AvgIpc) is 3.20. The number of aliphatic hydroxyl groups is 2. The van der Waals surface area contributed by atoms with Crippen molar-refractivity contribution in [3.8, 4) is 0 Å². The molecule has 59 heavy (non-hydrogen) atoms. The Morgan fingerprint density at radius 3 is 2.08 bits per heavy atom. The van der Waals surface area contributed by atoms with Crippen molar-refractivity contribution in [1.82, 2.24) is 41.6 Å². The van der Waals surface area contributed by atoms with Gasteiger partial charge in [-0.1, -0.05) is 27.7 Å². The first kappa shape index (κ1) is 47.7. The maximum absolute atomic E-state index is 14.9. The van der Waals surface area contributed by atoms with Crippen LogP contribution in [0.5, 0.6) is 0 Å². The number of esters is 1. The summed E-state index contributed by atoms with van der Waals surface area (Å²) in [5, 5.41) is 42.3. The second-order valence-corrected chi connectivity index (χ2v) is 16.9. The Morgan fingerprint density at radius 1 is 0.932 bits per heavy atom. The van der Waals surface area contributed by atoms with Crippen molar-refractivity contribution in [2.24, 2.45) is 17.8 Å². The van der Waals surface area contributed by atoms with Gasteiger partial charge in [-0.15, -0.1) is 0 Å². The number of nitrogens with zero attached hydrogens (tertiary/aromatic N) is 4. The monoisotopic (exact) mass is 840 g/mol. The van der Waals surface area contributed by atoms with Crippen LogP contribution in [0.15, 0.2) is 0 Å². The van der Waals surface area contributed by atoms with Gasteiger partial charge in [-0.2, -0.15) is 0 Å². The zero-order chi connectivity index (χ0) is 44.1. The summed E-state index contributed by atoms with van der Waals surface area (Å²) in [7, 11) is 1.14. The molecule has 4 saturated heterocycles. The highest BCUT2D eigenvalue weighted by Gasteiger charge is 2.57. The molecule has 4 heterocycles. The van der Waals surface area contributed by atoms with E-state index in [0.717, 1.165) is 42.5 Å². The van der Waals surface area contributed by atoms with Crippen molar-refractivity contribution in [2.75, 3.05) is 26.7 Å². The number of cyclic esters (lactones) is 1. The summed E-state index contributed by atoms with van der Waals surface area (Å²) in [4.78, 5) is 103. The van der Waals surface area contributed by atoms with Gasteiger partial charge in [-0.3, -0.25) is 48.8 Å². The third-order valence-corrected chi connectivity index (χ3v) is 11.7. The van der Waals surface area contributed by atoms with Gasteiger partial charge in [0.05, 0.1) is 19.8 Å². The molecule has 4 aliphatic heterocycles. The molecule has 0 aromatic rings. The van der Waals surface area contributed by atoms with E-state index in [9.17, 15) is 49.0 Å². The lowest BCUT2D eigenvalue weighted by Crippen LogP contribution is -2.70. The molecule has 10 atom stereocenters. The zero-order valence-corrected chi connectivity index (χ0v) is 35.6. The van der Waals surface area contributed by atoms with Gasteiger partial charge in [-0.25, -0.2) is 25.8 Å². The molecule has 0 aliphatic carbocycles. The largest absolute Gasteiger partial charge is 0.458 e. The normalized spacial score (nSPS) is 33.7. The van der Waals surface area contributed by atoms with Crippen LogP contribution < -0.4 is 21.5 Å². The summed E-state index contributed by atoms with van der Waals surface area (Å²) >= 11 is 0. The number of carbonyl (C=O) groups is 7. The highest BCUT2D eigenvalue weighted by atomic mass is 16.7. The molecule has 7 N–H and O–H groups in total. The first-order valence-corrected chi connectivity index (χ1v) is 20.5. The number of carbonyl (C=O) groups excluding carboxylic acids is 7. The molecule has 0 bridgehead atoms. The molecule has 10 unspecified atom stereocenters. The second-order valence-electron chi connectivity index (χ2n) is 16.9. The van der Waals surface area contributed by atoms with Crippen LogP contribution in [-0.4, -0.2) is 158 Å². The SMILES string of the molecule is CON1C(=O)C2CCCNN2C(=O)C(NC(=O)C(C)(O)C2(O)CCC(CC(C)C)C(C)O2)C(C(C)C)OC(=O)C(C)N(O)C(=O)C2CCCNN2C(=O)CNC(=O)C1C. The zero-order valence-electron chi connectivity index (χ0n) is 35.6. The molecule has 0 spiro atoms. The molecular weight excluding hydrogens is 776 g/mol. The van der Waals surface area contributed by atoms with Crippen molar-refractivity contribution in [1.29, 1.82) is 0 Å². The van der Waals surface area contributed by atoms with Gasteiger partial charge in [0.2, 0.25) is 11.7 Å². The predicted molar refractivity (Wildman–Crippen MR) is 205 cm³/mol. The van der Waals surface area contributed by atoms with Crippen molar-refractivity contribution >= 4 is 41.4 Å². The van der Waals surface area contributed by atoms with Crippen molar-refractivity contribution in [3.63, 3.8) is 0 Å². The third kappa shape index (κ3) is 10.3. The first-order chi connectivity index (χ1) is 27.6. The van der Waals surface area contributed by atoms with Gasteiger partial charge < -0.3 is 30.3 Å². The number of nitrogens with one attached hydrogen (secondary N) is 4.